The number of nitrogens with one attached hydrogen (secondary N) is 1. The molecule has 1 saturated heterocycles. The minimum Gasteiger partial charge on any atom is -0.356 e. The summed E-state index contributed by atoms with van der Waals surface area (Å²) in [7, 11) is 0. The van der Waals surface area contributed by atoms with Gasteiger partial charge in [-0.3, -0.25) is 9.78 Å². The average molecular weight is 381 g/mol. The largest absolute Gasteiger partial charge is 0.356 e. The van der Waals surface area contributed by atoms with Crippen molar-refractivity contribution in [2.24, 2.45) is 22.7 Å². The number of fused-ring (bicyclic) bond motifs is 1. The summed E-state index contributed by atoms with van der Waals surface area (Å²) >= 11 is 0. The molecule has 1 amide bonds. The van der Waals surface area contributed by atoms with E-state index in [0.29, 0.717) is 11.3 Å². The van der Waals surface area contributed by atoms with Gasteiger partial charge < -0.3 is 5.32 Å². The lowest BCUT2D eigenvalue weighted by Crippen LogP contribution is -2.44. The second kappa shape index (κ2) is 8.00. The molecule has 2 aliphatic carbocycles. The number of carbonyl (C=O) groups is 1. The van der Waals surface area contributed by atoms with Crippen LogP contribution in [0.15, 0.2) is 30.6 Å². The van der Waals surface area contributed by atoms with Crippen molar-refractivity contribution in [1.82, 2.24) is 10.3 Å². The number of pyridine rings is 1. The molecule has 3 nitrogen and oxygen atoms in total. The predicted octanol–water partition coefficient (Wildman–Crippen LogP) is 5.77. The van der Waals surface area contributed by atoms with E-state index in [2.05, 4.69) is 42.4 Å². The maximum atomic E-state index is 12.2. The Balaban J connectivity index is 1.49. The maximum absolute atomic E-state index is 12.2. The van der Waals surface area contributed by atoms with Crippen molar-refractivity contribution in [2.45, 2.75) is 78.1 Å². The van der Waals surface area contributed by atoms with Crippen molar-refractivity contribution in [2.75, 3.05) is 6.54 Å². The highest BCUT2D eigenvalue weighted by atomic mass is 16.1. The maximum Gasteiger partial charge on any atom is 0.220 e. The molecular weight excluding hydrogens is 344 g/mol. The fourth-order valence-electron chi connectivity index (χ4n) is 6.47. The summed E-state index contributed by atoms with van der Waals surface area (Å²) in [5.74, 6) is 1.60. The van der Waals surface area contributed by atoms with Gasteiger partial charge in [0.1, 0.15) is 0 Å². The van der Waals surface area contributed by atoms with Crippen LogP contribution >= 0.6 is 0 Å². The molecule has 4 rings (SSSR count). The summed E-state index contributed by atoms with van der Waals surface area (Å²) in [6, 6.07) is 4.27. The molecule has 1 N–H and O–H groups in total. The Bertz CT molecular complexity index is 727. The van der Waals surface area contributed by atoms with E-state index in [4.69, 9.17) is 0 Å². The summed E-state index contributed by atoms with van der Waals surface area (Å²) < 4.78 is 0. The van der Waals surface area contributed by atoms with Gasteiger partial charge in [-0.2, -0.15) is 0 Å². The molecule has 1 aromatic heterocycles. The lowest BCUT2D eigenvalue weighted by atomic mass is 9.56. The normalized spacial score (nSPS) is 36.1. The molecule has 4 atom stereocenters. The Labute approximate surface area is 170 Å². The van der Waals surface area contributed by atoms with E-state index in [-0.39, 0.29) is 11.3 Å². The van der Waals surface area contributed by atoms with Gasteiger partial charge in [0.15, 0.2) is 0 Å². The minimum atomic E-state index is 0.269. The van der Waals surface area contributed by atoms with Crippen molar-refractivity contribution in [3.63, 3.8) is 0 Å². The van der Waals surface area contributed by atoms with Crippen LogP contribution in [0.4, 0.5) is 0 Å². The van der Waals surface area contributed by atoms with E-state index in [1.165, 1.54) is 62.5 Å². The zero-order valence-electron chi connectivity index (χ0n) is 17.7. The van der Waals surface area contributed by atoms with Crippen molar-refractivity contribution >= 4 is 11.5 Å². The Morgan fingerprint density at radius 2 is 2.11 bits per heavy atom. The highest BCUT2D eigenvalue weighted by Gasteiger charge is 2.45. The Morgan fingerprint density at radius 3 is 2.93 bits per heavy atom. The summed E-state index contributed by atoms with van der Waals surface area (Å²) in [6.07, 6.45) is 18.3. The lowest BCUT2D eigenvalue weighted by Gasteiger charge is -2.49. The molecule has 0 spiro atoms. The second-order valence-corrected chi connectivity index (χ2v) is 9.99. The first-order valence-corrected chi connectivity index (χ1v) is 11.4. The average Bonchev–Trinajstić information content (AvgIpc) is 3.07. The Hall–Kier alpha value is -1.64. The van der Waals surface area contributed by atoms with Crippen LogP contribution in [-0.4, -0.2) is 17.4 Å². The number of nitrogens with zero attached hydrogens (tertiary/aromatic N) is 1. The van der Waals surface area contributed by atoms with E-state index in [1.54, 1.807) is 0 Å². The molecule has 2 heterocycles. The van der Waals surface area contributed by atoms with E-state index < -0.39 is 0 Å². The van der Waals surface area contributed by atoms with Gasteiger partial charge in [0.25, 0.3) is 0 Å². The molecule has 1 aliphatic heterocycles. The van der Waals surface area contributed by atoms with Crippen LogP contribution in [-0.2, 0) is 4.79 Å². The summed E-state index contributed by atoms with van der Waals surface area (Å²) in [4.78, 5) is 16.6. The zero-order valence-corrected chi connectivity index (χ0v) is 17.7. The van der Waals surface area contributed by atoms with Gasteiger partial charge in [0, 0.05) is 25.4 Å². The number of amides is 1. The fraction of sp³-hybridized carbons (Fsp3) is 0.680. The molecular formula is C25H36N2O. The van der Waals surface area contributed by atoms with Gasteiger partial charge in [-0.05, 0) is 91.2 Å². The van der Waals surface area contributed by atoms with Crippen molar-refractivity contribution in [3.05, 3.63) is 36.2 Å². The zero-order chi connectivity index (χ0) is 19.6. The molecule has 4 unspecified atom stereocenters. The number of rotatable bonds is 4. The lowest BCUT2D eigenvalue weighted by molar-refractivity contribution is -0.125. The smallest absolute Gasteiger partial charge is 0.220 e. The third-order valence-electron chi connectivity index (χ3n) is 8.33. The first-order chi connectivity index (χ1) is 13.5. The monoisotopic (exact) mass is 380 g/mol. The van der Waals surface area contributed by atoms with E-state index in [9.17, 15) is 4.79 Å². The predicted molar refractivity (Wildman–Crippen MR) is 115 cm³/mol. The van der Waals surface area contributed by atoms with Gasteiger partial charge >= 0.3 is 0 Å². The number of aromatic nitrogens is 1. The molecule has 152 valence electrons. The second-order valence-electron chi connectivity index (χ2n) is 9.99. The number of hydrogen-bond acceptors (Lipinski definition) is 2. The van der Waals surface area contributed by atoms with Crippen molar-refractivity contribution in [1.29, 1.82) is 0 Å². The standard InChI is InChI=1S/C25H36N2O/c1-24(12-4-10-22(24)19-7-5-15-26-18-19)14-11-20-8-3-9-21-17-23(28)27-16-6-13-25(20,21)2/h5,7,10,15,18,20-21H,3-4,6,8-9,11-14,16-17H2,1-2H3,(H,27,28). The molecule has 2 fully saturated rings. The molecule has 28 heavy (non-hydrogen) atoms. The number of carbonyl (C=O) groups excluding carboxylic acids is 1. The summed E-state index contributed by atoms with van der Waals surface area (Å²) in [5, 5.41) is 3.10. The fourth-order valence-corrected chi connectivity index (χ4v) is 6.47. The highest BCUT2D eigenvalue weighted by Crippen LogP contribution is 2.55. The van der Waals surface area contributed by atoms with Gasteiger partial charge in [-0.1, -0.05) is 32.4 Å². The Morgan fingerprint density at radius 1 is 1.21 bits per heavy atom. The number of allylic oxidation sites excluding steroid dienone is 2. The quantitative estimate of drug-likeness (QED) is 0.720. The van der Waals surface area contributed by atoms with E-state index in [0.717, 1.165) is 25.3 Å². The van der Waals surface area contributed by atoms with Crippen LogP contribution in [0.5, 0.6) is 0 Å². The summed E-state index contributed by atoms with van der Waals surface area (Å²) in [5.41, 5.74) is 3.42. The van der Waals surface area contributed by atoms with Gasteiger partial charge in [-0.15, -0.1) is 0 Å². The Kier molecular flexibility index (Phi) is 5.62. The highest BCUT2D eigenvalue weighted by molar-refractivity contribution is 5.76. The minimum absolute atomic E-state index is 0.269. The number of hydrogen-bond donors (Lipinski definition) is 1. The van der Waals surface area contributed by atoms with Crippen LogP contribution in [0.25, 0.3) is 5.57 Å². The van der Waals surface area contributed by atoms with Gasteiger partial charge in [0.2, 0.25) is 5.91 Å². The van der Waals surface area contributed by atoms with Crippen molar-refractivity contribution < 1.29 is 4.79 Å². The molecule has 3 heteroatoms. The van der Waals surface area contributed by atoms with Crippen LogP contribution < -0.4 is 5.32 Å². The SMILES string of the molecule is CC1(CCC2CCCC3CC(=O)NCCCC23C)CCC=C1c1cccnc1. The molecule has 1 saturated carbocycles. The molecule has 0 aromatic carbocycles. The third kappa shape index (κ3) is 3.77. The van der Waals surface area contributed by atoms with Gasteiger partial charge in [0.05, 0.1) is 0 Å². The molecule has 0 bridgehead atoms. The first-order valence-electron chi connectivity index (χ1n) is 11.4. The molecule has 1 aromatic rings. The van der Waals surface area contributed by atoms with Crippen LogP contribution in [0, 0.1) is 22.7 Å². The summed E-state index contributed by atoms with van der Waals surface area (Å²) in [6.45, 7) is 5.83. The van der Waals surface area contributed by atoms with Gasteiger partial charge in [-0.25, -0.2) is 0 Å². The van der Waals surface area contributed by atoms with Crippen LogP contribution in [0.3, 0.4) is 0 Å². The van der Waals surface area contributed by atoms with E-state index >= 15 is 0 Å². The van der Waals surface area contributed by atoms with E-state index in [1.807, 2.05) is 12.4 Å². The van der Waals surface area contributed by atoms with Crippen LogP contribution in [0.1, 0.15) is 83.6 Å². The molecule has 0 radical (unpaired) electrons. The third-order valence-corrected chi connectivity index (χ3v) is 8.33. The van der Waals surface area contributed by atoms with Crippen molar-refractivity contribution in [3.8, 4) is 0 Å². The van der Waals surface area contributed by atoms with Crippen LogP contribution in [0.2, 0.25) is 0 Å². The first kappa shape index (κ1) is 19.7. The topological polar surface area (TPSA) is 42.0 Å². The molecule has 3 aliphatic rings.